The van der Waals surface area contributed by atoms with Gasteiger partial charge in [0.1, 0.15) is 5.82 Å². The van der Waals surface area contributed by atoms with Crippen LogP contribution in [0.1, 0.15) is 17.3 Å². The van der Waals surface area contributed by atoms with Gasteiger partial charge in [-0.1, -0.05) is 12.1 Å². The minimum absolute atomic E-state index is 0. The lowest BCUT2D eigenvalue weighted by molar-refractivity contribution is -0.133. The first-order valence-electron chi connectivity index (χ1n) is 7.78. The van der Waals surface area contributed by atoms with Crippen molar-refractivity contribution >= 4 is 24.2 Å². The molecule has 0 bridgehead atoms. The van der Waals surface area contributed by atoms with E-state index in [-0.39, 0.29) is 23.9 Å². The maximum Gasteiger partial charge on any atom is 0.254 e. The molecule has 1 fully saturated rings. The molecule has 1 aromatic carbocycles. The third-order valence-corrected chi connectivity index (χ3v) is 3.91. The van der Waals surface area contributed by atoms with Crippen molar-refractivity contribution in [3.05, 3.63) is 35.6 Å². The first-order chi connectivity index (χ1) is 11.0. The number of hydrogen-bond donors (Lipinski definition) is 2. The molecular weight excluding hydrogens is 335 g/mol. The van der Waals surface area contributed by atoms with Crippen LogP contribution in [0.4, 0.5) is 4.39 Å². The van der Waals surface area contributed by atoms with Crippen molar-refractivity contribution in [2.45, 2.75) is 13.0 Å². The lowest BCUT2D eigenvalue weighted by Crippen LogP contribution is -2.53. The number of nitrogens with two attached hydrogens (primary N) is 1. The Morgan fingerprint density at radius 2 is 1.88 bits per heavy atom. The Morgan fingerprint density at radius 3 is 2.46 bits per heavy atom. The van der Waals surface area contributed by atoms with Gasteiger partial charge in [-0.25, -0.2) is 4.39 Å². The van der Waals surface area contributed by atoms with Crippen LogP contribution in [0.3, 0.4) is 0 Å². The molecule has 1 saturated heterocycles. The summed E-state index contributed by atoms with van der Waals surface area (Å²) in [5.74, 6) is -0.959. The van der Waals surface area contributed by atoms with Crippen LogP contribution in [-0.4, -0.2) is 66.9 Å². The molecule has 0 saturated carbocycles. The van der Waals surface area contributed by atoms with Crippen molar-refractivity contribution in [1.82, 2.24) is 15.1 Å². The van der Waals surface area contributed by atoms with E-state index in [4.69, 9.17) is 5.73 Å². The molecule has 1 aliphatic rings. The number of amides is 2. The van der Waals surface area contributed by atoms with Gasteiger partial charge in [-0.05, 0) is 19.1 Å². The van der Waals surface area contributed by atoms with Crippen LogP contribution in [0.2, 0.25) is 0 Å². The van der Waals surface area contributed by atoms with E-state index in [1.165, 1.54) is 12.1 Å². The van der Waals surface area contributed by atoms with Crippen LogP contribution in [0.25, 0.3) is 0 Å². The molecule has 8 heteroatoms. The van der Waals surface area contributed by atoms with E-state index in [9.17, 15) is 14.0 Å². The van der Waals surface area contributed by atoms with Gasteiger partial charge in [0.15, 0.2) is 0 Å². The Hall–Kier alpha value is -1.70. The summed E-state index contributed by atoms with van der Waals surface area (Å²) in [6.45, 7) is 5.56. The minimum Gasteiger partial charge on any atom is -0.351 e. The van der Waals surface area contributed by atoms with Gasteiger partial charge in [0.25, 0.3) is 5.91 Å². The molecule has 1 atom stereocenters. The molecular formula is C16H24ClFN4O2. The summed E-state index contributed by atoms with van der Waals surface area (Å²) in [4.78, 5) is 27.6. The van der Waals surface area contributed by atoms with Crippen LogP contribution in [-0.2, 0) is 4.79 Å². The second kappa shape index (κ2) is 9.56. The zero-order chi connectivity index (χ0) is 16.8. The maximum atomic E-state index is 13.5. The van der Waals surface area contributed by atoms with Gasteiger partial charge in [-0.15, -0.1) is 12.4 Å². The highest BCUT2D eigenvalue weighted by Gasteiger charge is 2.22. The molecule has 134 valence electrons. The molecule has 6 nitrogen and oxygen atoms in total. The van der Waals surface area contributed by atoms with E-state index >= 15 is 0 Å². The monoisotopic (exact) mass is 358 g/mol. The first-order valence-corrected chi connectivity index (χ1v) is 7.78. The van der Waals surface area contributed by atoms with Gasteiger partial charge >= 0.3 is 0 Å². The highest BCUT2D eigenvalue weighted by molar-refractivity contribution is 5.94. The summed E-state index contributed by atoms with van der Waals surface area (Å²) in [7, 11) is 0. The van der Waals surface area contributed by atoms with Crippen LogP contribution >= 0.6 is 12.4 Å². The number of rotatable bonds is 5. The lowest BCUT2D eigenvalue weighted by Gasteiger charge is -2.35. The molecule has 1 heterocycles. The topological polar surface area (TPSA) is 78.7 Å². The molecule has 24 heavy (non-hydrogen) atoms. The van der Waals surface area contributed by atoms with E-state index in [0.29, 0.717) is 26.2 Å². The second-order valence-electron chi connectivity index (χ2n) is 5.69. The van der Waals surface area contributed by atoms with Gasteiger partial charge in [0, 0.05) is 39.3 Å². The smallest absolute Gasteiger partial charge is 0.254 e. The second-order valence-corrected chi connectivity index (χ2v) is 5.69. The molecule has 1 unspecified atom stereocenters. The zero-order valence-electron chi connectivity index (χ0n) is 13.7. The zero-order valence-corrected chi connectivity index (χ0v) is 14.5. The van der Waals surface area contributed by atoms with Crippen LogP contribution in [0, 0.1) is 5.82 Å². The van der Waals surface area contributed by atoms with Crippen LogP contribution in [0.15, 0.2) is 24.3 Å². The predicted molar refractivity (Wildman–Crippen MR) is 92.7 cm³/mol. The Labute approximate surface area is 147 Å². The summed E-state index contributed by atoms with van der Waals surface area (Å²) >= 11 is 0. The van der Waals surface area contributed by atoms with Crippen molar-refractivity contribution in [1.29, 1.82) is 0 Å². The summed E-state index contributed by atoms with van der Waals surface area (Å²) in [6, 6.07) is 5.44. The normalized spacial score (nSPS) is 16.2. The number of nitrogens with one attached hydrogen (secondary N) is 1. The van der Waals surface area contributed by atoms with E-state index < -0.39 is 17.8 Å². The number of carbonyl (C=O) groups excluding carboxylic acids is 2. The molecule has 0 spiro atoms. The highest BCUT2D eigenvalue weighted by Crippen LogP contribution is 2.06. The molecule has 0 aromatic heterocycles. The fourth-order valence-electron chi connectivity index (χ4n) is 2.55. The van der Waals surface area contributed by atoms with Gasteiger partial charge in [-0.3, -0.25) is 14.5 Å². The van der Waals surface area contributed by atoms with Gasteiger partial charge in [0.05, 0.1) is 11.6 Å². The minimum atomic E-state index is -0.520. The molecule has 2 rings (SSSR count). The average Bonchev–Trinajstić information content (AvgIpc) is 2.55. The summed E-state index contributed by atoms with van der Waals surface area (Å²) in [5.41, 5.74) is 5.65. The SMILES string of the molecule is CC(N)C(=O)N1CCN(CCNC(=O)c2ccccc2F)CC1.Cl. The van der Waals surface area contributed by atoms with Gasteiger partial charge < -0.3 is 16.0 Å². The quantitative estimate of drug-likeness (QED) is 0.802. The number of hydrogen-bond acceptors (Lipinski definition) is 4. The van der Waals surface area contributed by atoms with Crippen LogP contribution in [0.5, 0.6) is 0 Å². The van der Waals surface area contributed by atoms with Crippen molar-refractivity contribution in [2.24, 2.45) is 5.73 Å². The predicted octanol–water partition coefficient (Wildman–Crippen LogP) is 0.469. The summed E-state index contributed by atoms with van der Waals surface area (Å²) in [5, 5.41) is 2.72. The number of carbonyl (C=O) groups is 2. The highest BCUT2D eigenvalue weighted by atomic mass is 35.5. The van der Waals surface area contributed by atoms with E-state index in [2.05, 4.69) is 10.2 Å². The van der Waals surface area contributed by atoms with Crippen molar-refractivity contribution < 1.29 is 14.0 Å². The Morgan fingerprint density at radius 1 is 1.25 bits per heavy atom. The van der Waals surface area contributed by atoms with Crippen molar-refractivity contribution in [2.75, 3.05) is 39.3 Å². The van der Waals surface area contributed by atoms with E-state index in [1.807, 2.05) is 0 Å². The fourth-order valence-corrected chi connectivity index (χ4v) is 2.55. The molecule has 1 aliphatic heterocycles. The van der Waals surface area contributed by atoms with Gasteiger partial charge in [-0.2, -0.15) is 0 Å². The number of piperazine rings is 1. The first kappa shape index (κ1) is 20.3. The average molecular weight is 359 g/mol. The third kappa shape index (κ3) is 5.43. The van der Waals surface area contributed by atoms with E-state index in [0.717, 1.165) is 13.1 Å². The van der Waals surface area contributed by atoms with Crippen molar-refractivity contribution in [3.8, 4) is 0 Å². The largest absolute Gasteiger partial charge is 0.351 e. The van der Waals surface area contributed by atoms with Gasteiger partial charge in [0.2, 0.25) is 5.91 Å². The molecule has 1 aromatic rings. The molecule has 0 radical (unpaired) electrons. The van der Waals surface area contributed by atoms with Crippen LogP contribution < -0.4 is 11.1 Å². The summed E-state index contributed by atoms with van der Waals surface area (Å²) in [6.07, 6.45) is 0. The summed E-state index contributed by atoms with van der Waals surface area (Å²) < 4.78 is 13.5. The fraction of sp³-hybridized carbons (Fsp3) is 0.500. The molecule has 0 aliphatic carbocycles. The Balaban J connectivity index is 0.00000288. The number of halogens is 2. The molecule has 3 N–H and O–H groups in total. The lowest BCUT2D eigenvalue weighted by atomic mass is 10.2. The maximum absolute atomic E-state index is 13.5. The Kier molecular flexibility index (Phi) is 8.10. The number of nitrogens with zero attached hydrogens (tertiary/aromatic N) is 2. The Bertz CT molecular complexity index is 563. The third-order valence-electron chi connectivity index (χ3n) is 3.91. The van der Waals surface area contributed by atoms with E-state index in [1.54, 1.807) is 24.0 Å². The molecule has 2 amide bonds. The number of benzene rings is 1. The standard InChI is InChI=1S/C16H23FN4O2.ClH/c1-12(18)16(23)21-10-8-20(9-11-21)7-6-19-15(22)13-4-2-3-5-14(13)17;/h2-5,12H,6-11,18H2,1H3,(H,19,22);1H. The van der Waals surface area contributed by atoms with Crippen molar-refractivity contribution in [3.63, 3.8) is 0 Å².